The van der Waals surface area contributed by atoms with Gasteiger partial charge in [-0.3, -0.25) is 0 Å². The fraction of sp³-hybridized carbons (Fsp3) is 0.316. The van der Waals surface area contributed by atoms with Crippen molar-refractivity contribution >= 4 is 23.3 Å². The van der Waals surface area contributed by atoms with Crippen LogP contribution in [0.15, 0.2) is 54.6 Å². The molecule has 0 spiro atoms. The van der Waals surface area contributed by atoms with Crippen LogP contribution in [0.2, 0.25) is 5.02 Å². The molecule has 0 radical (unpaired) electrons. The zero-order valence-electron chi connectivity index (χ0n) is 13.5. The quantitative estimate of drug-likeness (QED) is 0.867. The Morgan fingerprint density at radius 1 is 1.08 bits per heavy atom. The van der Waals surface area contributed by atoms with Crippen LogP contribution in [-0.4, -0.2) is 25.2 Å². The highest BCUT2D eigenvalue weighted by molar-refractivity contribution is 6.30. The summed E-state index contributed by atoms with van der Waals surface area (Å²) in [6.45, 7) is 2.19. The van der Waals surface area contributed by atoms with E-state index in [-0.39, 0.29) is 6.03 Å². The molecule has 4 nitrogen and oxygen atoms in total. The lowest BCUT2D eigenvalue weighted by molar-refractivity contribution is 0.240. The maximum atomic E-state index is 12.0. The molecule has 0 aromatic heterocycles. The van der Waals surface area contributed by atoms with Crippen molar-refractivity contribution in [1.29, 1.82) is 0 Å². The first-order valence-corrected chi connectivity index (χ1v) is 8.68. The number of urea groups is 1. The monoisotopic (exact) mass is 343 g/mol. The molecule has 2 amide bonds. The van der Waals surface area contributed by atoms with Crippen molar-refractivity contribution in [1.82, 2.24) is 10.6 Å². The van der Waals surface area contributed by atoms with E-state index in [4.69, 9.17) is 11.6 Å². The van der Waals surface area contributed by atoms with E-state index in [0.717, 1.165) is 24.9 Å². The standard InChI is InChI=1S/C19H22ClN3O/c20-16-10-8-15(9-11-16)13-21-19(24)22-14-18-7-4-12-23(18)17-5-2-1-3-6-17/h1-3,5-6,8-11,18H,4,7,12-14H2,(H2,21,22,24)/t18-/m0/s1. The number of nitrogens with zero attached hydrogens (tertiary/aromatic N) is 1. The number of benzene rings is 2. The van der Waals surface area contributed by atoms with Gasteiger partial charge in [0.25, 0.3) is 0 Å². The largest absolute Gasteiger partial charge is 0.367 e. The number of nitrogens with one attached hydrogen (secondary N) is 2. The van der Waals surface area contributed by atoms with Gasteiger partial charge >= 0.3 is 6.03 Å². The highest BCUT2D eigenvalue weighted by atomic mass is 35.5. The molecule has 1 fully saturated rings. The first-order valence-electron chi connectivity index (χ1n) is 8.30. The summed E-state index contributed by atoms with van der Waals surface area (Å²) >= 11 is 5.86. The molecule has 1 heterocycles. The van der Waals surface area contributed by atoms with E-state index >= 15 is 0 Å². The fourth-order valence-corrected chi connectivity index (χ4v) is 3.19. The molecule has 1 aliphatic rings. The number of rotatable bonds is 5. The van der Waals surface area contributed by atoms with E-state index < -0.39 is 0 Å². The number of carbonyl (C=O) groups is 1. The minimum absolute atomic E-state index is 0.134. The van der Waals surface area contributed by atoms with Gasteiger partial charge in [-0.05, 0) is 42.7 Å². The number of halogens is 1. The molecule has 1 atom stereocenters. The predicted octanol–water partition coefficient (Wildman–Crippen LogP) is 3.81. The van der Waals surface area contributed by atoms with Gasteiger partial charge in [0.05, 0.1) is 0 Å². The van der Waals surface area contributed by atoms with Crippen molar-refractivity contribution in [3.05, 3.63) is 65.2 Å². The van der Waals surface area contributed by atoms with Crippen LogP contribution in [0.4, 0.5) is 10.5 Å². The summed E-state index contributed by atoms with van der Waals surface area (Å²) in [7, 11) is 0. The van der Waals surface area contributed by atoms with Gasteiger partial charge in [0, 0.05) is 36.4 Å². The van der Waals surface area contributed by atoms with Crippen LogP contribution in [-0.2, 0) is 6.54 Å². The second kappa shape index (κ2) is 8.06. The van der Waals surface area contributed by atoms with Crippen LogP contribution < -0.4 is 15.5 Å². The van der Waals surface area contributed by atoms with E-state index in [1.807, 2.05) is 30.3 Å². The smallest absolute Gasteiger partial charge is 0.315 e. The second-order valence-corrected chi connectivity index (χ2v) is 6.45. The first-order chi connectivity index (χ1) is 11.7. The molecule has 0 aliphatic carbocycles. The third kappa shape index (κ3) is 4.42. The molecule has 0 bridgehead atoms. The van der Waals surface area contributed by atoms with Gasteiger partial charge in [-0.2, -0.15) is 0 Å². The molecular formula is C19H22ClN3O. The molecule has 2 N–H and O–H groups in total. The summed E-state index contributed by atoms with van der Waals surface area (Å²) in [4.78, 5) is 14.4. The van der Waals surface area contributed by atoms with E-state index in [1.54, 1.807) is 0 Å². The SMILES string of the molecule is O=C(NCc1ccc(Cl)cc1)NC[C@@H]1CCCN1c1ccccc1. The summed E-state index contributed by atoms with van der Waals surface area (Å²) in [6, 6.07) is 18.1. The van der Waals surface area contributed by atoms with Crippen molar-refractivity contribution in [3.8, 4) is 0 Å². The third-order valence-electron chi connectivity index (χ3n) is 4.33. The number of hydrogen-bond acceptors (Lipinski definition) is 2. The van der Waals surface area contributed by atoms with Gasteiger partial charge in [-0.15, -0.1) is 0 Å². The first kappa shape index (κ1) is 16.7. The number of anilines is 1. The number of para-hydroxylation sites is 1. The number of amides is 2. The lowest BCUT2D eigenvalue weighted by Crippen LogP contribution is -2.43. The normalized spacial score (nSPS) is 16.9. The van der Waals surface area contributed by atoms with E-state index in [9.17, 15) is 4.79 Å². The second-order valence-electron chi connectivity index (χ2n) is 6.02. The predicted molar refractivity (Wildman–Crippen MR) is 98.5 cm³/mol. The Kier molecular flexibility index (Phi) is 5.59. The van der Waals surface area contributed by atoms with Gasteiger partial charge in [-0.1, -0.05) is 41.9 Å². The van der Waals surface area contributed by atoms with E-state index in [1.165, 1.54) is 5.69 Å². The van der Waals surface area contributed by atoms with Crippen molar-refractivity contribution in [2.45, 2.75) is 25.4 Å². The summed E-state index contributed by atoms with van der Waals surface area (Å²) in [5.41, 5.74) is 2.25. The Hall–Kier alpha value is -2.20. The van der Waals surface area contributed by atoms with Crippen LogP contribution in [0.1, 0.15) is 18.4 Å². The number of carbonyl (C=O) groups excluding carboxylic acids is 1. The third-order valence-corrected chi connectivity index (χ3v) is 4.58. The average molecular weight is 344 g/mol. The maximum absolute atomic E-state index is 12.0. The molecule has 2 aromatic carbocycles. The van der Waals surface area contributed by atoms with Crippen LogP contribution in [0.25, 0.3) is 0 Å². The highest BCUT2D eigenvalue weighted by Gasteiger charge is 2.24. The minimum Gasteiger partial charge on any atom is -0.367 e. The Labute approximate surface area is 147 Å². The molecule has 24 heavy (non-hydrogen) atoms. The van der Waals surface area contributed by atoms with E-state index in [0.29, 0.717) is 24.2 Å². The van der Waals surface area contributed by atoms with Gasteiger partial charge in [0.1, 0.15) is 0 Å². The van der Waals surface area contributed by atoms with Crippen LogP contribution in [0, 0.1) is 0 Å². The highest BCUT2D eigenvalue weighted by Crippen LogP contribution is 2.24. The molecule has 0 saturated carbocycles. The fourth-order valence-electron chi connectivity index (χ4n) is 3.06. The molecule has 1 saturated heterocycles. The summed E-state index contributed by atoms with van der Waals surface area (Å²) in [5.74, 6) is 0. The van der Waals surface area contributed by atoms with Crippen LogP contribution >= 0.6 is 11.6 Å². The molecule has 0 unspecified atom stereocenters. The summed E-state index contributed by atoms with van der Waals surface area (Å²) < 4.78 is 0. The van der Waals surface area contributed by atoms with Gasteiger partial charge < -0.3 is 15.5 Å². The Morgan fingerprint density at radius 2 is 1.83 bits per heavy atom. The molecular weight excluding hydrogens is 322 g/mol. The van der Waals surface area contributed by atoms with Crippen molar-refractivity contribution in [3.63, 3.8) is 0 Å². The Balaban J connectivity index is 1.46. The van der Waals surface area contributed by atoms with Gasteiger partial charge in [0.2, 0.25) is 0 Å². The van der Waals surface area contributed by atoms with E-state index in [2.05, 4.69) is 39.8 Å². The number of hydrogen-bond donors (Lipinski definition) is 2. The molecule has 126 valence electrons. The van der Waals surface area contributed by atoms with Crippen molar-refractivity contribution in [2.75, 3.05) is 18.0 Å². The van der Waals surface area contributed by atoms with Crippen molar-refractivity contribution < 1.29 is 4.79 Å². The Morgan fingerprint density at radius 3 is 2.58 bits per heavy atom. The maximum Gasteiger partial charge on any atom is 0.315 e. The molecule has 2 aromatic rings. The topological polar surface area (TPSA) is 44.4 Å². The minimum atomic E-state index is -0.134. The summed E-state index contributed by atoms with van der Waals surface area (Å²) in [5, 5.41) is 6.57. The molecule has 5 heteroatoms. The lowest BCUT2D eigenvalue weighted by atomic mass is 10.2. The molecule has 1 aliphatic heterocycles. The zero-order chi connectivity index (χ0) is 16.8. The van der Waals surface area contributed by atoms with Crippen molar-refractivity contribution in [2.24, 2.45) is 0 Å². The summed E-state index contributed by atoms with van der Waals surface area (Å²) in [6.07, 6.45) is 2.26. The Bertz CT molecular complexity index is 660. The van der Waals surface area contributed by atoms with Crippen LogP contribution in [0.5, 0.6) is 0 Å². The van der Waals surface area contributed by atoms with Gasteiger partial charge in [0.15, 0.2) is 0 Å². The van der Waals surface area contributed by atoms with Crippen LogP contribution in [0.3, 0.4) is 0 Å². The molecule has 3 rings (SSSR count). The zero-order valence-corrected chi connectivity index (χ0v) is 14.3. The lowest BCUT2D eigenvalue weighted by Gasteiger charge is -2.27. The average Bonchev–Trinajstić information content (AvgIpc) is 3.09. The van der Waals surface area contributed by atoms with Gasteiger partial charge in [-0.25, -0.2) is 4.79 Å².